The number of hydrogen-bond acceptors (Lipinski definition) is 6. The van der Waals surface area contributed by atoms with E-state index in [-0.39, 0.29) is 12.5 Å². The molecule has 5 rings (SSSR count). The monoisotopic (exact) mass is 381 g/mol. The zero-order valence-electron chi connectivity index (χ0n) is 15.8. The lowest BCUT2D eigenvalue weighted by Crippen LogP contribution is -2.42. The third kappa shape index (κ3) is 2.13. The Morgan fingerprint density at radius 1 is 1.00 bits per heavy atom. The summed E-state index contributed by atoms with van der Waals surface area (Å²) >= 11 is 0. The lowest BCUT2D eigenvalue weighted by molar-refractivity contribution is -0.692. The average molecular weight is 381 g/mol. The Bertz CT molecular complexity index is 1120. The molecule has 28 heavy (non-hydrogen) atoms. The van der Waals surface area contributed by atoms with Crippen LogP contribution in [0.3, 0.4) is 0 Å². The molecule has 0 fully saturated rings. The van der Waals surface area contributed by atoms with Gasteiger partial charge in [0.05, 0.1) is 26.9 Å². The maximum atomic E-state index is 13.5. The molecule has 0 bridgehead atoms. The molecular formula is C21H19NO6. The van der Waals surface area contributed by atoms with E-state index in [0.29, 0.717) is 46.1 Å². The van der Waals surface area contributed by atoms with E-state index >= 15 is 0 Å². The highest BCUT2D eigenvalue weighted by Crippen LogP contribution is 2.47. The van der Waals surface area contributed by atoms with Gasteiger partial charge in [0, 0.05) is 6.42 Å². The van der Waals surface area contributed by atoms with Crippen LogP contribution < -0.4 is 33.4 Å². The third-order valence-corrected chi connectivity index (χ3v) is 5.39. The molecule has 2 aromatic carbocycles. The molecule has 1 aromatic heterocycles. The SMILES string of the molecule is COc1ccc2c([O-])c3[n+](c(OC)c2c1OC)CCc1cc2c(cc1-3)OCO2. The van der Waals surface area contributed by atoms with Crippen LogP contribution in [0.15, 0.2) is 24.3 Å². The molecule has 0 unspecified atom stereocenters. The first-order valence-corrected chi connectivity index (χ1v) is 8.96. The Morgan fingerprint density at radius 3 is 2.50 bits per heavy atom. The fraction of sp³-hybridized carbons (Fsp3) is 0.286. The molecule has 144 valence electrons. The van der Waals surface area contributed by atoms with Crippen molar-refractivity contribution in [1.82, 2.24) is 0 Å². The van der Waals surface area contributed by atoms with Crippen molar-refractivity contribution in [1.29, 1.82) is 0 Å². The second-order valence-electron chi connectivity index (χ2n) is 6.67. The molecule has 2 aliphatic heterocycles. The quantitative estimate of drug-likeness (QED) is 0.648. The minimum absolute atomic E-state index is 0.0865. The van der Waals surface area contributed by atoms with Crippen molar-refractivity contribution in [2.45, 2.75) is 13.0 Å². The molecule has 2 aliphatic rings. The van der Waals surface area contributed by atoms with Crippen molar-refractivity contribution in [3.63, 3.8) is 0 Å². The van der Waals surface area contributed by atoms with E-state index in [4.69, 9.17) is 23.7 Å². The molecule has 0 N–H and O–H groups in total. The van der Waals surface area contributed by atoms with Gasteiger partial charge in [-0.1, -0.05) is 6.07 Å². The standard InChI is InChI=1S/C21H19NO6/c1-24-14-5-4-12-17(20(14)25-2)21(26-3)22-7-6-11-8-15-16(28-10-27-15)9-13(11)18(22)19(12)23/h4-5,8-9H,6-7,10H2,1-3H3. The third-order valence-electron chi connectivity index (χ3n) is 5.39. The van der Waals surface area contributed by atoms with Crippen LogP contribution in [0.25, 0.3) is 22.0 Å². The topological polar surface area (TPSA) is 73.1 Å². The molecule has 7 nitrogen and oxygen atoms in total. The molecule has 0 aliphatic carbocycles. The highest BCUT2D eigenvalue weighted by atomic mass is 16.7. The minimum Gasteiger partial charge on any atom is -0.868 e. The van der Waals surface area contributed by atoms with Crippen molar-refractivity contribution in [2.75, 3.05) is 28.1 Å². The number of aromatic nitrogens is 1. The number of methoxy groups -OCH3 is 3. The van der Waals surface area contributed by atoms with Crippen molar-refractivity contribution >= 4 is 10.8 Å². The largest absolute Gasteiger partial charge is 0.868 e. The van der Waals surface area contributed by atoms with Crippen molar-refractivity contribution in [2.24, 2.45) is 0 Å². The van der Waals surface area contributed by atoms with Crippen LogP contribution in [-0.4, -0.2) is 28.1 Å². The van der Waals surface area contributed by atoms with Gasteiger partial charge in [-0.3, -0.25) is 0 Å². The van der Waals surface area contributed by atoms with Gasteiger partial charge >= 0.3 is 5.88 Å². The lowest BCUT2D eigenvalue weighted by atomic mass is 9.94. The van der Waals surface area contributed by atoms with Gasteiger partial charge in [-0.15, -0.1) is 0 Å². The summed E-state index contributed by atoms with van der Waals surface area (Å²) in [5.41, 5.74) is 2.48. The van der Waals surface area contributed by atoms with Crippen LogP contribution in [0.5, 0.6) is 34.6 Å². The van der Waals surface area contributed by atoms with Gasteiger partial charge in [-0.2, -0.15) is 4.57 Å². The van der Waals surface area contributed by atoms with E-state index in [0.717, 1.165) is 23.3 Å². The second kappa shape index (κ2) is 6.09. The van der Waals surface area contributed by atoms with Crippen LogP contribution >= 0.6 is 0 Å². The normalized spacial score (nSPS) is 13.8. The second-order valence-corrected chi connectivity index (χ2v) is 6.67. The molecule has 0 amide bonds. The summed E-state index contributed by atoms with van der Waals surface area (Å²) in [5.74, 6) is 2.89. The zero-order valence-corrected chi connectivity index (χ0v) is 15.8. The minimum atomic E-state index is -0.0865. The first-order chi connectivity index (χ1) is 13.7. The molecule has 0 atom stereocenters. The number of ether oxygens (including phenoxy) is 5. The maximum absolute atomic E-state index is 13.5. The molecule has 7 heteroatoms. The molecule has 0 saturated carbocycles. The fourth-order valence-electron chi connectivity index (χ4n) is 4.15. The van der Waals surface area contributed by atoms with E-state index in [1.54, 1.807) is 33.5 Å². The number of hydrogen-bond donors (Lipinski definition) is 0. The molecule has 0 saturated heterocycles. The van der Waals surface area contributed by atoms with Crippen molar-refractivity contribution in [3.05, 3.63) is 29.8 Å². The molecule has 0 radical (unpaired) electrons. The Kier molecular flexibility index (Phi) is 3.65. The average Bonchev–Trinajstić information content (AvgIpc) is 3.18. The number of aryl methyl sites for hydroxylation is 1. The number of benzene rings is 2. The van der Waals surface area contributed by atoms with E-state index in [2.05, 4.69) is 0 Å². The molecule has 3 aromatic rings. The van der Waals surface area contributed by atoms with Crippen LogP contribution in [0.1, 0.15) is 5.56 Å². The predicted octanol–water partition coefficient (Wildman–Crippen LogP) is 2.18. The highest BCUT2D eigenvalue weighted by molar-refractivity contribution is 6.00. The number of fused-ring (bicyclic) bond motifs is 5. The maximum Gasteiger partial charge on any atom is 0.380 e. The first kappa shape index (κ1) is 16.8. The van der Waals surface area contributed by atoms with Gasteiger partial charge in [-0.05, 0) is 34.9 Å². The summed E-state index contributed by atoms with van der Waals surface area (Å²) in [4.78, 5) is 0. The number of rotatable bonds is 3. The summed E-state index contributed by atoms with van der Waals surface area (Å²) < 4.78 is 29.7. The summed E-state index contributed by atoms with van der Waals surface area (Å²) in [5, 5.41) is 14.7. The predicted molar refractivity (Wildman–Crippen MR) is 98.5 cm³/mol. The molecule has 3 heterocycles. The number of nitrogens with zero attached hydrogens (tertiary/aromatic N) is 1. The van der Waals surface area contributed by atoms with Gasteiger partial charge in [0.25, 0.3) is 0 Å². The fourth-order valence-corrected chi connectivity index (χ4v) is 4.15. The van der Waals surface area contributed by atoms with E-state index in [9.17, 15) is 5.11 Å². The van der Waals surface area contributed by atoms with Gasteiger partial charge in [-0.25, -0.2) is 0 Å². The van der Waals surface area contributed by atoms with E-state index in [1.807, 2.05) is 16.7 Å². The summed E-state index contributed by atoms with van der Waals surface area (Å²) in [6, 6.07) is 7.34. The Morgan fingerprint density at radius 2 is 1.79 bits per heavy atom. The Balaban J connectivity index is 1.88. The van der Waals surface area contributed by atoms with Crippen LogP contribution in [0, 0.1) is 0 Å². The van der Waals surface area contributed by atoms with Crippen LogP contribution in [0.4, 0.5) is 0 Å². The molecular weight excluding hydrogens is 362 g/mol. The van der Waals surface area contributed by atoms with Gasteiger partial charge in [0.1, 0.15) is 5.39 Å². The van der Waals surface area contributed by atoms with Gasteiger partial charge in [0.2, 0.25) is 12.5 Å². The summed E-state index contributed by atoms with van der Waals surface area (Å²) in [6.07, 6.45) is 0.747. The van der Waals surface area contributed by atoms with E-state index in [1.165, 1.54) is 0 Å². The van der Waals surface area contributed by atoms with Crippen LogP contribution in [0.2, 0.25) is 0 Å². The Labute approximate surface area is 161 Å². The van der Waals surface area contributed by atoms with Gasteiger partial charge in [0.15, 0.2) is 29.5 Å². The van der Waals surface area contributed by atoms with Crippen LogP contribution in [-0.2, 0) is 13.0 Å². The van der Waals surface area contributed by atoms with Gasteiger partial charge < -0.3 is 28.8 Å². The Hall–Kier alpha value is -3.35. The lowest BCUT2D eigenvalue weighted by Gasteiger charge is -2.24. The summed E-state index contributed by atoms with van der Waals surface area (Å²) in [6.45, 7) is 0.803. The summed E-state index contributed by atoms with van der Waals surface area (Å²) in [7, 11) is 4.72. The zero-order chi connectivity index (χ0) is 19.4. The van der Waals surface area contributed by atoms with E-state index < -0.39 is 0 Å². The molecule has 0 spiro atoms. The highest BCUT2D eigenvalue weighted by Gasteiger charge is 2.34. The first-order valence-electron chi connectivity index (χ1n) is 8.96. The smallest absolute Gasteiger partial charge is 0.380 e. The van der Waals surface area contributed by atoms with Crippen molar-refractivity contribution < 1.29 is 33.4 Å². The number of pyridine rings is 1. The van der Waals surface area contributed by atoms with Crippen molar-refractivity contribution in [3.8, 4) is 45.9 Å².